The Kier molecular flexibility index (Phi) is 11.3. The van der Waals surface area contributed by atoms with Crippen molar-refractivity contribution in [2.24, 2.45) is 52.8 Å². The van der Waals surface area contributed by atoms with Crippen LogP contribution in [0.15, 0.2) is 61.3 Å². The van der Waals surface area contributed by atoms with Crippen LogP contribution in [0.2, 0.25) is 0 Å². The van der Waals surface area contributed by atoms with Crippen LogP contribution in [0.4, 0.5) is 0 Å². The van der Waals surface area contributed by atoms with Gasteiger partial charge in [-0.25, -0.2) is 0 Å². The predicted octanol–water partition coefficient (Wildman–Crippen LogP) is 11.1. The number of fused-ring (bicyclic) bond motifs is 1. The number of ketones is 1. The highest BCUT2D eigenvalue weighted by Crippen LogP contribution is 2.72. The smallest absolute Gasteiger partial charge is 0.140 e. The molecule has 0 spiro atoms. The van der Waals surface area contributed by atoms with Crippen LogP contribution < -0.4 is 0 Å². The molecule has 0 aromatic heterocycles. The van der Waals surface area contributed by atoms with E-state index >= 15 is 0 Å². The molecule has 218 valence electrons. The van der Waals surface area contributed by atoms with Crippen molar-refractivity contribution in [3.8, 4) is 0 Å². The average molecular weight is 533 g/mol. The van der Waals surface area contributed by atoms with Crippen molar-refractivity contribution in [1.29, 1.82) is 0 Å². The first-order chi connectivity index (χ1) is 18.5. The van der Waals surface area contributed by atoms with E-state index in [1.807, 2.05) is 6.08 Å². The predicted molar refractivity (Wildman–Crippen MR) is 171 cm³/mol. The third-order valence-corrected chi connectivity index (χ3v) is 11.2. The van der Waals surface area contributed by atoms with E-state index in [2.05, 4.69) is 60.9 Å². The van der Waals surface area contributed by atoms with Gasteiger partial charge in [-0.3, -0.25) is 4.79 Å². The highest BCUT2D eigenvalue weighted by atomic mass is 16.1. The van der Waals surface area contributed by atoms with Gasteiger partial charge in [-0.2, -0.15) is 0 Å². The maximum atomic E-state index is 14.6. The van der Waals surface area contributed by atoms with Crippen molar-refractivity contribution in [2.45, 2.75) is 118 Å². The fourth-order valence-electron chi connectivity index (χ4n) is 8.54. The first-order valence-electron chi connectivity index (χ1n) is 16.3. The Labute approximate surface area is 242 Å². The summed E-state index contributed by atoms with van der Waals surface area (Å²) in [5.74, 6) is 4.01. The molecule has 0 aromatic rings. The van der Waals surface area contributed by atoms with Gasteiger partial charge >= 0.3 is 0 Å². The van der Waals surface area contributed by atoms with E-state index < -0.39 is 0 Å². The Morgan fingerprint density at radius 2 is 1.69 bits per heavy atom. The molecule has 0 aromatic carbocycles. The second kappa shape index (κ2) is 13.8. The van der Waals surface area contributed by atoms with E-state index in [-0.39, 0.29) is 11.8 Å². The number of carbonyl (C=O) groups is 1. The van der Waals surface area contributed by atoms with E-state index in [0.29, 0.717) is 46.7 Å². The quantitative estimate of drug-likeness (QED) is 0.127. The Bertz CT molecular complexity index is 924. The third-order valence-electron chi connectivity index (χ3n) is 11.2. The standard InChI is InChI=1S/C38H60O/c1-11-14-18-27(6)29(8)31(17-12-2)23-28(7)35-33(24-34-36(35)38(34,9)10)37(39)32(30-19-15-16-20-30)22-26(5)21-25(4)13-3/h11,25,30-36H,1,5-8,12-24H2,2-4,9-10H3. The summed E-state index contributed by atoms with van der Waals surface area (Å²) < 4.78 is 0. The Morgan fingerprint density at radius 1 is 1.03 bits per heavy atom. The van der Waals surface area contributed by atoms with Crippen molar-refractivity contribution < 1.29 is 4.79 Å². The lowest BCUT2D eigenvalue weighted by Gasteiger charge is -2.34. The van der Waals surface area contributed by atoms with Crippen molar-refractivity contribution in [3.05, 3.63) is 61.3 Å². The first kappa shape index (κ1) is 31.9. The SMILES string of the molecule is C=CCCC(=C)C(=C)C(CCC)CC(=C)C1C(C(=O)C(CC(=C)CC(C)CC)C2CCCC2)CC2C1C2(C)C. The van der Waals surface area contributed by atoms with Gasteiger partial charge in [0.1, 0.15) is 5.78 Å². The van der Waals surface area contributed by atoms with Gasteiger partial charge in [0.2, 0.25) is 0 Å². The zero-order valence-corrected chi connectivity index (χ0v) is 26.3. The summed E-state index contributed by atoms with van der Waals surface area (Å²) in [5.41, 5.74) is 5.29. The summed E-state index contributed by atoms with van der Waals surface area (Å²) in [6, 6.07) is 0. The lowest BCUT2D eigenvalue weighted by atomic mass is 9.69. The van der Waals surface area contributed by atoms with Gasteiger partial charge in [0.25, 0.3) is 0 Å². The van der Waals surface area contributed by atoms with Crippen LogP contribution in [-0.2, 0) is 4.79 Å². The van der Waals surface area contributed by atoms with E-state index in [1.54, 1.807) is 0 Å². The molecule has 1 heteroatoms. The van der Waals surface area contributed by atoms with Crippen molar-refractivity contribution in [3.63, 3.8) is 0 Å². The molecule has 1 nitrogen and oxygen atoms in total. The van der Waals surface area contributed by atoms with E-state index in [1.165, 1.54) is 48.8 Å². The van der Waals surface area contributed by atoms with Gasteiger partial charge in [0.05, 0.1) is 0 Å². The van der Waals surface area contributed by atoms with Gasteiger partial charge in [0, 0.05) is 11.8 Å². The molecule has 3 aliphatic rings. The van der Waals surface area contributed by atoms with Crippen LogP contribution in [0.5, 0.6) is 0 Å². The molecule has 0 N–H and O–H groups in total. The summed E-state index contributed by atoms with van der Waals surface area (Å²) in [4.78, 5) is 14.6. The molecule has 3 rings (SSSR count). The summed E-state index contributed by atoms with van der Waals surface area (Å²) >= 11 is 0. The zero-order chi connectivity index (χ0) is 28.9. The summed E-state index contributed by atoms with van der Waals surface area (Å²) in [6.45, 7) is 33.7. The van der Waals surface area contributed by atoms with Crippen LogP contribution in [0.1, 0.15) is 118 Å². The topological polar surface area (TPSA) is 17.1 Å². The number of carbonyl (C=O) groups excluding carboxylic acids is 1. The summed E-state index contributed by atoms with van der Waals surface area (Å²) in [5, 5.41) is 0. The van der Waals surface area contributed by atoms with Gasteiger partial charge < -0.3 is 0 Å². The number of rotatable bonds is 18. The highest BCUT2D eigenvalue weighted by molar-refractivity contribution is 5.85. The Hall–Kier alpha value is -1.63. The summed E-state index contributed by atoms with van der Waals surface area (Å²) in [6.07, 6.45) is 16.2. The molecule has 0 radical (unpaired) electrons. The molecule has 3 aliphatic carbocycles. The maximum Gasteiger partial charge on any atom is 0.140 e. The minimum atomic E-state index is 0.141. The highest BCUT2D eigenvalue weighted by Gasteiger charge is 2.68. The first-order valence-corrected chi connectivity index (χ1v) is 16.3. The van der Waals surface area contributed by atoms with Gasteiger partial charge in [-0.1, -0.05) is 109 Å². The number of allylic oxidation sites excluding steroid dienone is 5. The average Bonchev–Trinajstić information content (AvgIpc) is 3.36. The fourth-order valence-corrected chi connectivity index (χ4v) is 8.54. The molecule has 3 fully saturated rings. The van der Waals surface area contributed by atoms with Crippen molar-refractivity contribution in [1.82, 2.24) is 0 Å². The van der Waals surface area contributed by atoms with Crippen LogP contribution >= 0.6 is 0 Å². The lowest BCUT2D eigenvalue weighted by molar-refractivity contribution is -0.130. The van der Waals surface area contributed by atoms with Crippen LogP contribution in [0.25, 0.3) is 0 Å². The van der Waals surface area contributed by atoms with Crippen LogP contribution in [0, 0.1) is 52.8 Å². The molecular formula is C38H60O. The van der Waals surface area contributed by atoms with Gasteiger partial charge in [-0.05, 0) is 104 Å². The number of hydrogen-bond acceptors (Lipinski definition) is 1. The van der Waals surface area contributed by atoms with E-state index in [0.717, 1.165) is 56.9 Å². The fraction of sp³-hybridized carbons (Fsp3) is 0.711. The number of hydrogen-bond donors (Lipinski definition) is 0. The minimum absolute atomic E-state index is 0.141. The van der Waals surface area contributed by atoms with E-state index in [4.69, 9.17) is 6.58 Å². The van der Waals surface area contributed by atoms with Crippen molar-refractivity contribution >= 4 is 5.78 Å². The molecule has 7 atom stereocenters. The molecular weight excluding hydrogens is 472 g/mol. The molecule has 0 heterocycles. The van der Waals surface area contributed by atoms with Gasteiger partial charge in [0.15, 0.2) is 0 Å². The monoisotopic (exact) mass is 532 g/mol. The normalized spacial score (nSPS) is 27.8. The molecule has 0 bridgehead atoms. The Morgan fingerprint density at radius 3 is 2.28 bits per heavy atom. The largest absolute Gasteiger partial charge is 0.299 e. The summed E-state index contributed by atoms with van der Waals surface area (Å²) in [7, 11) is 0. The molecule has 0 aliphatic heterocycles. The molecule has 39 heavy (non-hydrogen) atoms. The number of Topliss-reactive ketones (excluding diaryl/α,β-unsaturated/α-hetero) is 1. The Balaban J connectivity index is 1.81. The lowest BCUT2D eigenvalue weighted by Crippen LogP contribution is -2.34. The molecule has 7 unspecified atom stereocenters. The second-order valence-electron chi connectivity index (χ2n) is 14.4. The zero-order valence-electron chi connectivity index (χ0n) is 26.3. The third kappa shape index (κ3) is 7.37. The van der Waals surface area contributed by atoms with Crippen LogP contribution in [0.3, 0.4) is 0 Å². The minimum Gasteiger partial charge on any atom is -0.299 e. The maximum absolute atomic E-state index is 14.6. The van der Waals surface area contributed by atoms with Gasteiger partial charge in [-0.15, -0.1) is 6.58 Å². The second-order valence-corrected chi connectivity index (χ2v) is 14.4. The molecule has 0 saturated heterocycles. The van der Waals surface area contributed by atoms with Crippen LogP contribution in [-0.4, -0.2) is 5.78 Å². The van der Waals surface area contributed by atoms with E-state index in [9.17, 15) is 4.79 Å². The molecule has 3 saturated carbocycles. The molecule has 0 amide bonds. The van der Waals surface area contributed by atoms with Crippen molar-refractivity contribution in [2.75, 3.05) is 0 Å².